The Bertz CT molecular complexity index is 239. The van der Waals surface area contributed by atoms with Gasteiger partial charge in [-0.1, -0.05) is 0 Å². The lowest BCUT2D eigenvalue weighted by Gasteiger charge is -2.07. The number of fused-ring (bicyclic) bond motifs is 1. The molecule has 0 aromatic carbocycles. The average molecular weight is 122 g/mol. The Labute approximate surface area is 52.6 Å². The largest absolute Gasteiger partial charge is 0.473 e. The summed E-state index contributed by atoms with van der Waals surface area (Å²) in [6.45, 7) is 0.658. The molecule has 0 spiro atoms. The Balaban J connectivity index is 2.53. The van der Waals surface area contributed by atoms with Gasteiger partial charge < -0.3 is 4.74 Å². The van der Waals surface area contributed by atoms with Gasteiger partial charge in [0.1, 0.15) is 12.9 Å². The topological polar surface area (TPSA) is 27.1 Å². The summed E-state index contributed by atoms with van der Waals surface area (Å²) in [5, 5.41) is 0. The molecule has 3 nitrogen and oxygen atoms in total. The summed E-state index contributed by atoms with van der Waals surface area (Å²) in [6.07, 6.45) is 7.29. The zero-order valence-electron chi connectivity index (χ0n) is 4.82. The average Bonchev–Trinajstić information content (AvgIpc) is 2.33. The Morgan fingerprint density at radius 3 is 3.56 bits per heavy atom. The molecule has 0 unspecified atom stereocenters. The maximum absolute atomic E-state index is 5.18. The molecule has 9 heavy (non-hydrogen) atoms. The smallest absolute Gasteiger partial charge is 0.218 e. The zero-order chi connectivity index (χ0) is 6.10. The highest BCUT2D eigenvalue weighted by Gasteiger charge is 2.01. The highest BCUT2D eigenvalue weighted by Crippen LogP contribution is 2.12. The molecule has 0 fully saturated rings. The van der Waals surface area contributed by atoms with E-state index in [0.29, 0.717) is 6.61 Å². The number of hydrogen-bond acceptors (Lipinski definition) is 2. The van der Waals surface area contributed by atoms with E-state index in [0.717, 1.165) is 5.88 Å². The van der Waals surface area contributed by atoms with Crippen molar-refractivity contribution in [1.29, 1.82) is 0 Å². The predicted octanol–water partition coefficient (Wildman–Crippen LogP) is 0.746. The summed E-state index contributed by atoms with van der Waals surface area (Å²) < 4.78 is 7.01. The van der Waals surface area contributed by atoms with Gasteiger partial charge in [-0.15, -0.1) is 0 Å². The lowest BCUT2D eigenvalue weighted by Crippen LogP contribution is -2.02. The number of hydrogen-bond donors (Lipinski definition) is 0. The Kier molecular flexibility index (Phi) is 0.828. The van der Waals surface area contributed by atoms with Gasteiger partial charge in [-0.25, -0.2) is 4.98 Å². The molecule has 0 amide bonds. The van der Waals surface area contributed by atoms with Gasteiger partial charge in [-0.05, 0) is 6.08 Å². The number of nitrogens with zero attached hydrogens (tertiary/aromatic N) is 2. The van der Waals surface area contributed by atoms with Crippen LogP contribution in [0.15, 0.2) is 18.6 Å². The third-order valence-corrected chi connectivity index (χ3v) is 1.22. The second-order valence-corrected chi connectivity index (χ2v) is 1.83. The lowest BCUT2D eigenvalue weighted by molar-refractivity contribution is 0.336. The fraction of sp³-hybridized carbons (Fsp3) is 0.167. The molecule has 1 aromatic heterocycles. The van der Waals surface area contributed by atoms with E-state index in [1.807, 2.05) is 16.8 Å². The van der Waals surface area contributed by atoms with E-state index < -0.39 is 0 Å². The third kappa shape index (κ3) is 0.614. The van der Waals surface area contributed by atoms with Gasteiger partial charge in [-0.2, -0.15) is 0 Å². The molecule has 1 aliphatic rings. The van der Waals surface area contributed by atoms with Crippen molar-refractivity contribution in [3.8, 4) is 5.88 Å². The first-order valence-electron chi connectivity index (χ1n) is 2.78. The molecule has 1 aromatic rings. The summed E-state index contributed by atoms with van der Waals surface area (Å²) in [4.78, 5) is 3.89. The molecule has 0 saturated carbocycles. The van der Waals surface area contributed by atoms with Crippen molar-refractivity contribution in [3.63, 3.8) is 0 Å². The van der Waals surface area contributed by atoms with E-state index in [1.54, 1.807) is 12.5 Å². The minimum absolute atomic E-state index is 0.658. The molecule has 46 valence electrons. The third-order valence-electron chi connectivity index (χ3n) is 1.22. The van der Waals surface area contributed by atoms with Gasteiger partial charge in [0, 0.05) is 6.20 Å². The van der Waals surface area contributed by atoms with Crippen LogP contribution in [0.1, 0.15) is 0 Å². The summed E-state index contributed by atoms with van der Waals surface area (Å²) in [7, 11) is 0. The first kappa shape index (κ1) is 4.61. The Hall–Kier alpha value is -1.25. The molecular weight excluding hydrogens is 116 g/mol. The fourth-order valence-electron chi connectivity index (χ4n) is 0.806. The van der Waals surface area contributed by atoms with E-state index in [4.69, 9.17) is 4.74 Å². The molecule has 2 rings (SSSR count). The van der Waals surface area contributed by atoms with Crippen LogP contribution in [0.25, 0.3) is 6.20 Å². The molecule has 0 aliphatic carbocycles. The highest BCUT2D eigenvalue weighted by molar-refractivity contribution is 5.31. The minimum Gasteiger partial charge on any atom is -0.473 e. The minimum atomic E-state index is 0.658. The number of rotatable bonds is 0. The maximum atomic E-state index is 5.18. The van der Waals surface area contributed by atoms with Crippen molar-refractivity contribution in [2.45, 2.75) is 0 Å². The first-order chi connectivity index (χ1) is 4.47. The number of ether oxygens (including phenoxy) is 1. The van der Waals surface area contributed by atoms with E-state index in [-0.39, 0.29) is 0 Å². The van der Waals surface area contributed by atoms with Crippen LogP contribution in [-0.2, 0) is 0 Å². The molecule has 0 N–H and O–H groups in total. The first-order valence-corrected chi connectivity index (χ1v) is 2.78. The van der Waals surface area contributed by atoms with Crippen molar-refractivity contribution in [2.75, 3.05) is 6.61 Å². The van der Waals surface area contributed by atoms with E-state index in [2.05, 4.69) is 4.98 Å². The van der Waals surface area contributed by atoms with Crippen molar-refractivity contribution in [1.82, 2.24) is 9.55 Å². The second-order valence-electron chi connectivity index (χ2n) is 1.83. The Morgan fingerprint density at radius 1 is 1.67 bits per heavy atom. The normalized spacial score (nSPS) is 14.7. The van der Waals surface area contributed by atoms with Crippen LogP contribution in [0.4, 0.5) is 0 Å². The SMILES string of the molecule is C1=Cn2cncc2OC1. The van der Waals surface area contributed by atoms with Crippen LogP contribution in [-0.4, -0.2) is 16.2 Å². The van der Waals surface area contributed by atoms with Crippen LogP contribution < -0.4 is 4.74 Å². The molecule has 1 aliphatic heterocycles. The fourth-order valence-corrected chi connectivity index (χ4v) is 0.806. The number of aromatic nitrogens is 2. The summed E-state index contributed by atoms with van der Waals surface area (Å²) in [5.41, 5.74) is 0. The Morgan fingerprint density at radius 2 is 2.67 bits per heavy atom. The van der Waals surface area contributed by atoms with E-state index in [9.17, 15) is 0 Å². The highest BCUT2D eigenvalue weighted by atomic mass is 16.5. The predicted molar refractivity (Wildman–Crippen MR) is 33.1 cm³/mol. The molecule has 0 atom stereocenters. The lowest BCUT2D eigenvalue weighted by atomic mass is 10.6. The van der Waals surface area contributed by atoms with Crippen molar-refractivity contribution in [3.05, 3.63) is 18.6 Å². The standard InChI is InChI=1S/C6H6N2O/c1-2-8-5-7-4-6(8)9-3-1/h1-2,4-5H,3H2. The number of imidazole rings is 1. The monoisotopic (exact) mass is 122 g/mol. The van der Waals surface area contributed by atoms with Crippen LogP contribution in [0.3, 0.4) is 0 Å². The van der Waals surface area contributed by atoms with Crippen LogP contribution in [0.5, 0.6) is 5.88 Å². The molecule has 0 bridgehead atoms. The van der Waals surface area contributed by atoms with Gasteiger partial charge in [0.2, 0.25) is 5.88 Å². The quantitative estimate of drug-likeness (QED) is 0.507. The molecule has 0 radical (unpaired) electrons. The zero-order valence-corrected chi connectivity index (χ0v) is 4.82. The second kappa shape index (κ2) is 1.62. The van der Waals surface area contributed by atoms with Crippen molar-refractivity contribution >= 4 is 6.20 Å². The van der Waals surface area contributed by atoms with Crippen LogP contribution in [0.2, 0.25) is 0 Å². The van der Waals surface area contributed by atoms with Gasteiger partial charge in [0.25, 0.3) is 0 Å². The van der Waals surface area contributed by atoms with Crippen LogP contribution in [0, 0.1) is 0 Å². The molecule has 3 heteroatoms. The summed E-state index contributed by atoms with van der Waals surface area (Å²) in [5.74, 6) is 0.817. The van der Waals surface area contributed by atoms with Gasteiger partial charge >= 0.3 is 0 Å². The molecule has 2 heterocycles. The molecule has 0 saturated heterocycles. The van der Waals surface area contributed by atoms with E-state index in [1.165, 1.54) is 0 Å². The van der Waals surface area contributed by atoms with Gasteiger partial charge in [0.15, 0.2) is 0 Å². The maximum Gasteiger partial charge on any atom is 0.218 e. The van der Waals surface area contributed by atoms with Crippen LogP contribution >= 0.6 is 0 Å². The van der Waals surface area contributed by atoms with Crippen molar-refractivity contribution < 1.29 is 4.74 Å². The van der Waals surface area contributed by atoms with Gasteiger partial charge in [0.05, 0.1) is 6.20 Å². The van der Waals surface area contributed by atoms with Gasteiger partial charge in [-0.3, -0.25) is 4.57 Å². The molecular formula is C6H6N2O. The van der Waals surface area contributed by atoms with E-state index >= 15 is 0 Å². The summed E-state index contributed by atoms with van der Waals surface area (Å²) in [6, 6.07) is 0. The summed E-state index contributed by atoms with van der Waals surface area (Å²) >= 11 is 0. The van der Waals surface area contributed by atoms with Crippen molar-refractivity contribution in [2.24, 2.45) is 0 Å².